The quantitative estimate of drug-likeness (QED) is 0.701. The van der Waals surface area contributed by atoms with Crippen molar-refractivity contribution in [1.29, 1.82) is 0 Å². The number of pyridine rings is 1. The highest BCUT2D eigenvalue weighted by Crippen LogP contribution is 2.25. The zero-order chi connectivity index (χ0) is 20.1. The summed E-state index contributed by atoms with van der Waals surface area (Å²) in [4.78, 5) is 12.9. The van der Waals surface area contributed by atoms with E-state index in [1.807, 2.05) is 12.2 Å². The average Bonchev–Trinajstić information content (AvgIpc) is 2.69. The second kappa shape index (κ2) is 8.42. The summed E-state index contributed by atoms with van der Waals surface area (Å²) in [6.45, 7) is 11.1. The molecule has 0 saturated heterocycles. The SMILES string of the molecule is C=C1C=CC(c2cnc(CCC(C)(C)CC)nc2)=NN1Cc1cncc(F)c1. The summed E-state index contributed by atoms with van der Waals surface area (Å²) in [5.74, 6) is 0.480. The fourth-order valence-electron chi connectivity index (χ4n) is 2.74. The van der Waals surface area contributed by atoms with Crippen molar-refractivity contribution in [3.63, 3.8) is 0 Å². The van der Waals surface area contributed by atoms with Crippen LogP contribution < -0.4 is 0 Å². The minimum atomic E-state index is -0.366. The monoisotopic (exact) mass is 379 g/mol. The summed E-state index contributed by atoms with van der Waals surface area (Å²) in [6, 6.07) is 1.45. The van der Waals surface area contributed by atoms with Crippen LogP contribution in [0.1, 0.15) is 50.6 Å². The van der Waals surface area contributed by atoms with Crippen LogP contribution >= 0.6 is 0 Å². The fourth-order valence-corrected chi connectivity index (χ4v) is 2.74. The van der Waals surface area contributed by atoms with Crippen molar-refractivity contribution in [3.05, 3.63) is 78.1 Å². The third kappa shape index (κ3) is 5.09. The van der Waals surface area contributed by atoms with Gasteiger partial charge in [-0.1, -0.05) is 33.8 Å². The topological polar surface area (TPSA) is 54.3 Å². The van der Waals surface area contributed by atoms with E-state index in [0.717, 1.165) is 47.6 Å². The number of aromatic nitrogens is 3. The van der Waals surface area contributed by atoms with Gasteiger partial charge in [-0.3, -0.25) is 9.99 Å². The molecular formula is C22H26FN5. The molecular weight excluding hydrogens is 353 g/mol. The second-order valence-corrected chi connectivity index (χ2v) is 7.78. The number of rotatable bonds is 7. The number of allylic oxidation sites excluding steroid dienone is 2. The van der Waals surface area contributed by atoms with E-state index in [9.17, 15) is 4.39 Å². The Morgan fingerprint density at radius 1 is 1.11 bits per heavy atom. The van der Waals surface area contributed by atoms with Gasteiger partial charge in [-0.15, -0.1) is 0 Å². The van der Waals surface area contributed by atoms with Crippen molar-refractivity contribution in [3.8, 4) is 0 Å². The molecule has 0 atom stereocenters. The van der Waals surface area contributed by atoms with Crippen LogP contribution in [0.15, 0.2) is 60.4 Å². The number of halogens is 1. The molecule has 146 valence electrons. The highest BCUT2D eigenvalue weighted by Gasteiger charge is 2.17. The van der Waals surface area contributed by atoms with E-state index in [0.29, 0.717) is 12.0 Å². The first-order valence-corrected chi connectivity index (χ1v) is 9.50. The molecule has 28 heavy (non-hydrogen) atoms. The Hall–Kier alpha value is -2.89. The van der Waals surface area contributed by atoms with Crippen molar-refractivity contribution >= 4 is 5.71 Å². The molecule has 0 fully saturated rings. The molecule has 0 bridgehead atoms. The maximum Gasteiger partial charge on any atom is 0.141 e. The van der Waals surface area contributed by atoms with Gasteiger partial charge in [0, 0.05) is 30.6 Å². The van der Waals surface area contributed by atoms with Crippen molar-refractivity contribution < 1.29 is 4.39 Å². The Labute approximate surface area is 165 Å². The minimum Gasteiger partial charge on any atom is -0.261 e. The smallest absolute Gasteiger partial charge is 0.141 e. The predicted octanol–water partition coefficient (Wildman–Crippen LogP) is 4.67. The molecule has 2 aromatic heterocycles. The van der Waals surface area contributed by atoms with E-state index in [2.05, 4.69) is 47.4 Å². The van der Waals surface area contributed by atoms with Gasteiger partial charge in [0.15, 0.2) is 0 Å². The second-order valence-electron chi connectivity index (χ2n) is 7.78. The predicted molar refractivity (Wildman–Crippen MR) is 109 cm³/mol. The van der Waals surface area contributed by atoms with E-state index in [1.165, 1.54) is 12.3 Å². The lowest BCUT2D eigenvalue weighted by molar-refractivity contribution is 0.320. The summed E-state index contributed by atoms with van der Waals surface area (Å²) in [5.41, 5.74) is 3.34. The summed E-state index contributed by atoms with van der Waals surface area (Å²) >= 11 is 0. The van der Waals surface area contributed by atoms with Crippen molar-refractivity contribution in [1.82, 2.24) is 20.0 Å². The van der Waals surface area contributed by atoms with Crippen LogP contribution in [0.5, 0.6) is 0 Å². The summed E-state index contributed by atoms with van der Waals surface area (Å²) in [5, 5.41) is 6.35. The number of nitrogens with zero attached hydrogens (tertiary/aromatic N) is 5. The number of hydrogen-bond donors (Lipinski definition) is 0. The summed E-state index contributed by atoms with van der Waals surface area (Å²) < 4.78 is 13.4. The van der Waals surface area contributed by atoms with E-state index in [1.54, 1.807) is 23.6 Å². The van der Waals surface area contributed by atoms with Gasteiger partial charge in [0.1, 0.15) is 11.6 Å². The number of aryl methyl sites for hydroxylation is 1. The average molecular weight is 379 g/mol. The lowest BCUT2D eigenvalue weighted by Gasteiger charge is -2.23. The normalized spacial score (nSPS) is 14.4. The first kappa shape index (κ1) is 19.9. The van der Waals surface area contributed by atoms with E-state index >= 15 is 0 Å². The molecule has 0 amide bonds. The Morgan fingerprint density at radius 2 is 1.86 bits per heavy atom. The first-order chi connectivity index (χ1) is 13.4. The van der Waals surface area contributed by atoms with E-state index < -0.39 is 0 Å². The van der Waals surface area contributed by atoms with Crippen LogP contribution in [0, 0.1) is 11.2 Å². The molecule has 0 aromatic carbocycles. The van der Waals surface area contributed by atoms with Crippen LogP contribution in [0.25, 0.3) is 0 Å². The highest BCUT2D eigenvalue weighted by atomic mass is 19.1. The number of hydrogen-bond acceptors (Lipinski definition) is 5. The summed E-state index contributed by atoms with van der Waals surface area (Å²) in [6.07, 6.45) is 13.2. The largest absolute Gasteiger partial charge is 0.261 e. The van der Waals surface area contributed by atoms with Gasteiger partial charge in [0.2, 0.25) is 0 Å². The fraction of sp³-hybridized carbons (Fsp3) is 0.364. The van der Waals surface area contributed by atoms with Gasteiger partial charge >= 0.3 is 0 Å². The lowest BCUT2D eigenvalue weighted by atomic mass is 9.85. The molecule has 0 N–H and O–H groups in total. The first-order valence-electron chi connectivity index (χ1n) is 9.50. The minimum absolute atomic E-state index is 0.296. The van der Waals surface area contributed by atoms with E-state index in [-0.39, 0.29) is 5.82 Å². The van der Waals surface area contributed by atoms with Gasteiger partial charge in [-0.25, -0.2) is 14.4 Å². The maximum atomic E-state index is 13.4. The lowest BCUT2D eigenvalue weighted by Crippen LogP contribution is -2.21. The van der Waals surface area contributed by atoms with Gasteiger partial charge in [0.25, 0.3) is 0 Å². The van der Waals surface area contributed by atoms with Crippen molar-refractivity contribution in [2.24, 2.45) is 10.5 Å². The zero-order valence-electron chi connectivity index (χ0n) is 16.7. The van der Waals surface area contributed by atoms with Crippen LogP contribution in [0.4, 0.5) is 4.39 Å². The van der Waals surface area contributed by atoms with Crippen molar-refractivity contribution in [2.45, 2.75) is 46.6 Å². The van der Waals surface area contributed by atoms with Gasteiger partial charge < -0.3 is 0 Å². The van der Waals surface area contributed by atoms with Crippen molar-refractivity contribution in [2.75, 3.05) is 0 Å². The van der Waals surface area contributed by atoms with Gasteiger partial charge in [-0.05, 0) is 35.6 Å². The summed E-state index contributed by atoms with van der Waals surface area (Å²) in [7, 11) is 0. The number of hydrazone groups is 1. The van der Waals surface area contributed by atoms with Gasteiger partial charge in [-0.2, -0.15) is 5.10 Å². The van der Waals surface area contributed by atoms with Gasteiger partial charge in [0.05, 0.1) is 24.2 Å². The van der Waals surface area contributed by atoms with Crippen LogP contribution in [0.2, 0.25) is 0 Å². The Balaban J connectivity index is 1.71. The molecule has 3 heterocycles. The third-order valence-corrected chi connectivity index (χ3v) is 5.07. The third-order valence-electron chi connectivity index (χ3n) is 5.07. The maximum absolute atomic E-state index is 13.4. The molecule has 0 saturated carbocycles. The molecule has 1 aliphatic rings. The molecule has 3 rings (SSSR count). The Kier molecular flexibility index (Phi) is 5.97. The molecule has 0 radical (unpaired) electrons. The van der Waals surface area contributed by atoms with E-state index in [4.69, 9.17) is 0 Å². The van der Waals surface area contributed by atoms with Crippen LogP contribution in [-0.4, -0.2) is 25.7 Å². The standard InChI is InChI=1S/C22H26FN5/c1-5-22(3,4)9-8-21-25-12-18(13-26-21)20-7-6-16(2)28(27-20)15-17-10-19(23)14-24-11-17/h6-7,10-14H,2,5,8-9,15H2,1,3-4H3. The Bertz CT molecular complexity index is 899. The zero-order valence-corrected chi connectivity index (χ0v) is 16.7. The molecule has 6 heteroatoms. The molecule has 5 nitrogen and oxygen atoms in total. The molecule has 0 spiro atoms. The highest BCUT2D eigenvalue weighted by molar-refractivity contribution is 6.08. The molecule has 0 unspecified atom stereocenters. The Morgan fingerprint density at radius 3 is 2.54 bits per heavy atom. The van der Waals surface area contributed by atoms with Crippen LogP contribution in [0.3, 0.4) is 0 Å². The molecule has 2 aromatic rings. The molecule has 0 aliphatic carbocycles. The molecule has 1 aliphatic heterocycles. The van der Waals surface area contributed by atoms with Crippen LogP contribution in [-0.2, 0) is 13.0 Å².